The first-order valence-electron chi connectivity index (χ1n) is 6.82. The second kappa shape index (κ2) is 5.24. The van der Waals surface area contributed by atoms with Crippen LogP contribution in [0.3, 0.4) is 0 Å². The Morgan fingerprint density at radius 1 is 1.33 bits per heavy atom. The van der Waals surface area contributed by atoms with Crippen molar-refractivity contribution in [3.8, 4) is 0 Å². The molecule has 2 aliphatic rings. The predicted octanol–water partition coefficient (Wildman–Crippen LogP) is 2.11. The fourth-order valence-corrected chi connectivity index (χ4v) is 2.93. The van der Waals surface area contributed by atoms with Gasteiger partial charge in [0.05, 0.1) is 12.2 Å². The number of nitrogens with two attached hydrogens (primary N) is 1. The van der Waals surface area contributed by atoms with E-state index in [0.29, 0.717) is 12.4 Å². The maximum atomic E-state index is 6.05. The molecule has 0 unspecified atom stereocenters. The van der Waals surface area contributed by atoms with Gasteiger partial charge in [-0.2, -0.15) is 0 Å². The van der Waals surface area contributed by atoms with Crippen LogP contribution in [0.2, 0.25) is 0 Å². The second-order valence-electron chi connectivity index (χ2n) is 4.70. The number of hydrogen-bond acceptors (Lipinski definition) is 4. The van der Waals surface area contributed by atoms with Crippen LogP contribution >= 0.6 is 0 Å². The highest BCUT2D eigenvalue weighted by molar-refractivity contribution is 5.51. The van der Waals surface area contributed by atoms with E-state index in [0.717, 1.165) is 31.5 Å². The standard InChI is InChI=1S/C12H17N3O.C2H6/c1-8-10-9(6-15-11(8)13)7-16-12(10)2-4-14-5-3-12;1-2/h6,14H,2-5,7H2,1H3,(H2,13,15);1-2H3. The first-order valence-corrected chi connectivity index (χ1v) is 6.82. The number of ether oxygens (including phenoxy) is 1. The number of anilines is 1. The summed E-state index contributed by atoms with van der Waals surface area (Å²) in [5.41, 5.74) is 9.44. The van der Waals surface area contributed by atoms with Crippen LogP contribution in [-0.2, 0) is 16.9 Å². The molecule has 1 saturated heterocycles. The smallest absolute Gasteiger partial charge is 0.126 e. The molecule has 0 saturated carbocycles. The van der Waals surface area contributed by atoms with E-state index in [1.165, 1.54) is 11.1 Å². The molecule has 18 heavy (non-hydrogen) atoms. The molecule has 1 aromatic heterocycles. The van der Waals surface area contributed by atoms with Gasteiger partial charge in [-0.05, 0) is 44.0 Å². The van der Waals surface area contributed by atoms with Gasteiger partial charge < -0.3 is 15.8 Å². The van der Waals surface area contributed by atoms with E-state index in [1.807, 2.05) is 20.0 Å². The van der Waals surface area contributed by atoms with E-state index < -0.39 is 0 Å². The van der Waals surface area contributed by atoms with Crippen LogP contribution in [0.4, 0.5) is 5.82 Å². The summed E-state index contributed by atoms with van der Waals surface area (Å²) >= 11 is 0. The summed E-state index contributed by atoms with van der Waals surface area (Å²) in [5.74, 6) is 0.641. The molecule has 0 bridgehead atoms. The van der Waals surface area contributed by atoms with Crippen LogP contribution in [0.5, 0.6) is 0 Å². The minimum atomic E-state index is -0.0955. The van der Waals surface area contributed by atoms with E-state index >= 15 is 0 Å². The van der Waals surface area contributed by atoms with E-state index in [4.69, 9.17) is 10.5 Å². The molecule has 2 aliphatic heterocycles. The van der Waals surface area contributed by atoms with Crippen LogP contribution in [0, 0.1) is 6.92 Å². The Morgan fingerprint density at radius 2 is 2.00 bits per heavy atom. The summed E-state index contributed by atoms with van der Waals surface area (Å²) in [7, 11) is 0. The highest BCUT2D eigenvalue weighted by atomic mass is 16.5. The zero-order valence-electron chi connectivity index (χ0n) is 11.5. The summed E-state index contributed by atoms with van der Waals surface area (Å²) in [6.07, 6.45) is 3.93. The number of nitrogens with one attached hydrogen (secondary N) is 1. The highest BCUT2D eigenvalue weighted by Crippen LogP contribution is 2.45. The Hall–Kier alpha value is -1.13. The van der Waals surface area contributed by atoms with Crippen LogP contribution < -0.4 is 11.1 Å². The zero-order chi connectivity index (χ0) is 13.2. The normalized spacial score (nSPS) is 20.2. The van der Waals surface area contributed by atoms with Crippen molar-refractivity contribution >= 4 is 5.82 Å². The molecule has 3 N–H and O–H groups in total. The van der Waals surface area contributed by atoms with Gasteiger partial charge in [-0.1, -0.05) is 13.8 Å². The number of nitrogens with zero attached hydrogens (tertiary/aromatic N) is 1. The number of fused-ring (bicyclic) bond motifs is 2. The molecule has 4 nitrogen and oxygen atoms in total. The third-order valence-corrected chi connectivity index (χ3v) is 3.81. The fourth-order valence-electron chi connectivity index (χ4n) is 2.93. The number of rotatable bonds is 0. The Bertz CT molecular complexity index is 420. The Morgan fingerprint density at radius 3 is 2.67 bits per heavy atom. The lowest BCUT2D eigenvalue weighted by Crippen LogP contribution is -2.40. The molecule has 1 fully saturated rings. The molecular formula is C14H23N3O. The van der Waals surface area contributed by atoms with Crippen molar-refractivity contribution in [3.05, 3.63) is 22.9 Å². The highest BCUT2D eigenvalue weighted by Gasteiger charge is 2.42. The molecule has 3 rings (SSSR count). The van der Waals surface area contributed by atoms with Crippen LogP contribution in [0.1, 0.15) is 43.4 Å². The van der Waals surface area contributed by atoms with Crippen molar-refractivity contribution in [2.45, 2.75) is 45.8 Å². The van der Waals surface area contributed by atoms with Gasteiger partial charge in [-0.3, -0.25) is 0 Å². The third kappa shape index (κ3) is 1.99. The molecule has 1 aromatic rings. The summed E-state index contributed by atoms with van der Waals surface area (Å²) in [6, 6.07) is 0. The first kappa shape index (κ1) is 13.3. The lowest BCUT2D eigenvalue weighted by molar-refractivity contribution is -0.0592. The summed E-state index contributed by atoms with van der Waals surface area (Å²) in [6.45, 7) is 8.77. The first-order chi connectivity index (χ1) is 8.73. The van der Waals surface area contributed by atoms with Gasteiger partial charge in [0, 0.05) is 11.8 Å². The minimum absolute atomic E-state index is 0.0955. The van der Waals surface area contributed by atoms with E-state index in [9.17, 15) is 0 Å². The van der Waals surface area contributed by atoms with Gasteiger partial charge >= 0.3 is 0 Å². The summed E-state index contributed by atoms with van der Waals surface area (Å²) < 4.78 is 6.05. The Kier molecular flexibility index (Phi) is 3.88. The molecule has 1 spiro atoms. The predicted molar refractivity (Wildman–Crippen MR) is 73.3 cm³/mol. The van der Waals surface area contributed by atoms with Crippen molar-refractivity contribution < 1.29 is 4.74 Å². The Labute approximate surface area is 109 Å². The van der Waals surface area contributed by atoms with Crippen molar-refractivity contribution in [3.63, 3.8) is 0 Å². The van der Waals surface area contributed by atoms with Gasteiger partial charge in [-0.25, -0.2) is 4.98 Å². The lowest BCUT2D eigenvalue weighted by Gasteiger charge is -2.34. The van der Waals surface area contributed by atoms with E-state index in [1.54, 1.807) is 0 Å². The summed E-state index contributed by atoms with van der Waals surface area (Å²) in [5, 5.41) is 3.37. The lowest BCUT2D eigenvalue weighted by atomic mass is 9.82. The quantitative estimate of drug-likeness (QED) is 0.739. The van der Waals surface area contributed by atoms with Gasteiger partial charge in [0.25, 0.3) is 0 Å². The molecule has 0 atom stereocenters. The van der Waals surface area contributed by atoms with E-state index in [-0.39, 0.29) is 5.60 Å². The average molecular weight is 249 g/mol. The second-order valence-corrected chi connectivity index (χ2v) is 4.70. The van der Waals surface area contributed by atoms with Crippen molar-refractivity contribution in [1.82, 2.24) is 10.3 Å². The van der Waals surface area contributed by atoms with Gasteiger partial charge in [0.2, 0.25) is 0 Å². The molecule has 0 aliphatic carbocycles. The third-order valence-electron chi connectivity index (χ3n) is 3.81. The number of piperidine rings is 1. The molecular weight excluding hydrogens is 226 g/mol. The van der Waals surface area contributed by atoms with Crippen LogP contribution in [-0.4, -0.2) is 18.1 Å². The minimum Gasteiger partial charge on any atom is -0.383 e. The van der Waals surface area contributed by atoms with Gasteiger partial charge in [0.1, 0.15) is 5.82 Å². The van der Waals surface area contributed by atoms with E-state index in [2.05, 4.69) is 17.2 Å². The largest absolute Gasteiger partial charge is 0.383 e. The van der Waals surface area contributed by atoms with Gasteiger partial charge in [-0.15, -0.1) is 0 Å². The molecule has 4 heteroatoms. The maximum Gasteiger partial charge on any atom is 0.126 e. The number of pyridine rings is 1. The average Bonchev–Trinajstić information content (AvgIpc) is 2.77. The van der Waals surface area contributed by atoms with Gasteiger partial charge in [0.15, 0.2) is 0 Å². The number of aromatic nitrogens is 1. The maximum absolute atomic E-state index is 6.05. The van der Waals surface area contributed by atoms with Crippen molar-refractivity contribution in [2.75, 3.05) is 18.8 Å². The molecule has 0 aromatic carbocycles. The molecule has 0 amide bonds. The number of hydrogen-bond donors (Lipinski definition) is 2. The SMILES string of the molecule is CC.Cc1c(N)ncc2c1C1(CCNCC1)OC2. The van der Waals surface area contributed by atoms with Crippen molar-refractivity contribution in [1.29, 1.82) is 0 Å². The zero-order valence-corrected chi connectivity index (χ0v) is 11.5. The topological polar surface area (TPSA) is 60.2 Å². The number of nitrogen functional groups attached to an aromatic ring is 1. The van der Waals surface area contributed by atoms with Crippen LogP contribution in [0.25, 0.3) is 0 Å². The molecule has 3 heterocycles. The monoisotopic (exact) mass is 249 g/mol. The fraction of sp³-hybridized carbons (Fsp3) is 0.643. The van der Waals surface area contributed by atoms with Crippen molar-refractivity contribution in [2.24, 2.45) is 0 Å². The molecule has 100 valence electrons. The molecule has 0 radical (unpaired) electrons. The summed E-state index contributed by atoms with van der Waals surface area (Å²) in [4.78, 5) is 4.21. The van der Waals surface area contributed by atoms with Crippen LogP contribution in [0.15, 0.2) is 6.20 Å². The Balaban J connectivity index is 0.000000574.